The zero-order valence-corrected chi connectivity index (χ0v) is 14.4. The van der Waals surface area contributed by atoms with Gasteiger partial charge in [0.25, 0.3) is 10.1 Å². The van der Waals surface area contributed by atoms with E-state index in [0.29, 0.717) is 0 Å². The molecule has 0 bridgehead atoms. The van der Waals surface area contributed by atoms with Crippen LogP contribution in [0.4, 0.5) is 0 Å². The smallest absolute Gasteiger partial charge is 1.00 e. The van der Waals surface area contributed by atoms with E-state index < -0.39 is 28.6 Å². The second kappa shape index (κ2) is 11.6. The third-order valence-corrected chi connectivity index (χ3v) is 3.28. The number of rotatable bonds is 10. The van der Waals surface area contributed by atoms with E-state index in [1.807, 2.05) is 6.92 Å². The average Bonchev–Trinajstić information content (AvgIpc) is 2.21. The fourth-order valence-corrected chi connectivity index (χ4v) is 2.28. The molecule has 0 aliphatic rings. The zero-order valence-electron chi connectivity index (χ0n) is 12.6. The Bertz CT molecular complexity index is 287. The first-order valence-electron chi connectivity index (χ1n) is 6.10. The van der Waals surface area contributed by atoms with Crippen molar-refractivity contribution in [2.24, 2.45) is 0 Å². The Morgan fingerprint density at radius 2 is 1.89 bits per heavy atom. The van der Waals surface area contributed by atoms with Gasteiger partial charge in [0.05, 0.1) is 18.8 Å². The molecule has 0 saturated heterocycles. The van der Waals surface area contributed by atoms with Gasteiger partial charge in [0.1, 0.15) is 5.75 Å². The maximum Gasteiger partial charge on any atom is 1.00 e. The molecule has 2 N–H and O–H groups in total. The van der Waals surface area contributed by atoms with Gasteiger partial charge in [-0.1, -0.05) is 32.6 Å². The minimum atomic E-state index is -4.10. The molecule has 18 heavy (non-hydrogen) atoms. The first-order chi connectivity index (χ1) is 7.89. The standard InChI is InChI=1S/C11H24O5S.Na.H/c1-3-4-5-6-7-10(2)16-11(8-12)9-17(13,14)15;;/h10-12H,3-9H2,1-2H3,(H,13,14,15);;/q;+1;-1. The molecule has 0 fully saturated rings. The molecule has 0 spiro atoms. The molecule has 2 atom stereocenters. The van der Waals surface area contributed by atoms with Crippen LogP contribution in [0.1, 0.15) is 47.4 Å². The van der Waals surface area contributed by atoms with E-state index in [0.717, 1.165) is 25.7 Å². The number of aliphatic hydroxyl groups excluding tert-OH is 1. The van der Waals surface area contributed by atoms with Crippen LogP contribution in [0.3, 0.4) is 0 Å². The predicted molar refractivity (Wildman–Crippen MR) is 67.7 cm³/mol. The van der Waals surface area contributed by atoms with Crippen LogP contribution in [-0.4, -0.2) is 42.6 Å². The van der Waals surface area contributed by atoms with Crippen LogP contribution in [-0.2, 0) is 14.9 Å². The molecule has 0 aliphatic carbocycles. The van der Waals surface area contributed by atoms with Crippen molar-refractivity contribution < 1.29 is 53.8 Å². The van der Waals surface area contributed by atoms with E-state index in [1.54, 1.807) is 0 Å². The minimum Gasteiger partial charge on any atom is -1.00 e. The Morgan fingerprint density at radius 1 is 1.28 bits per heavy atom. The summed E-state index contributed by atoms with van der Waals surface area (Å²) in [5, 5.41) is 8.95. The Hall–Kier alpha value is 0.830. The van der Waals surface area contributed by atoms with Crippen molar-refractivity contribution in [1.29, 1.82) is 0 Å². The molecule has 0 aliphatic heterocycles. The van der Waals surface area contributed by atoms with Gasteiger partial charge in [-0.05, 0) is 13.3 Å². The Balaban J connectivity index is -0.00000128. The van der Waals surface area contributed by atoms with Gasteiger partial charge in [0.2, 0.25) is 0 Å². The summed E-state index contributed by atoms with van der Waals surface area (Å²) in [6, 6.07) is 0. The Kier molecular flexibility index (Phi) is 13.7. The monoisotopic (exact) mass is 292 g/mol. The molecule has 0 radical (unpaired) electrons. The van der Waals surface area contributed by atoms with Crippen molar-refractivity contribution >= 4 is 10.1 Å². The molecular formula is C11H25NaO5S. The largest absolute Gasteiger partial charge is 1.00 e. The quantitative estimate of drug-likeness (QED) is 0.298. The van der Waals surface area contributed by atoms with Gasteiger partial charge in [-0.15, -0.1) is 0 Å². The zero-order chi connectivity index (χ0) is 13.3. The Labute approximate surface area is 134 Å². The maximum atomic E-state index is 10.6. The van der Waals surface area contributed by atoms with E-state index in [4.69, 9.17) is 14.4 Å². The average molecular weight is 292 g/mol. The van der Waals surface area contributed by atoms with Crippen molar-refractivity contribution in [2.75, 3.05) is 12.4 Å². The topological polar surface area (TPSA) is 83.8 Å². The number of ether oxygens (including phenoxy) is 1. The maximum absolute atomic E-state index is 10.6. The summed E-state index contributed by atoms with van der Waals surface area (Å²) in [6.07, 6.45) is 4.39. The normalized spacial score (nSPS) is 14.9. The molecule has 0 saturated carbocycles. The molecule has 2 unspecified atom stereocenters. The van der Waals surface area contributed by atoms with Gasteiger partial charge in [-0.2, -0.15) is 8.42 Å². The molecular weight excluding hydrogens is 267 g/mol. The molecule has 0 rings (SSSR count). The van der Waals surface area contributed by atoms with E-state index in [2.05, 4.69) is 6.92 Å². The molecule has 0 heterocycles. The molecule has 106 valence electrons. The summed E-state index contributed by atoms with van der Waals surface area (Å²) in [4.78, 5) is 0. The molecule has 0 aromatic carbocycles. The third kappa shape index (κ3) is 13.3. The summed E-state index contributed by atoms with van der Waals surface area (Å²) in [7, 11) is -4.10. The van der Waals surface area contributed by atoms with Crippen LogP contribution in [0.5, 0.6) is 0 Å². The summed E-state index contributed by atoms with van der Waals surface area (Å²) < 4.78 is 35.3. The fraction of sp³-hybridized carbons (Fsp3) is 1.00. The molecule has 0 aromatic rings. The van der Waals surface area contributed by atoms with E-state index in [1.165, 1.54) is 6.42 Å². The van der Waals surface area contributed by atoms with Crippen molar-refractivity contribution in [2.45, 2.75) is 58.2 Å². The van der Waals surface area contributed by atoms with E-state index in [9.17, 15) is 8.42 Å². The van der Waals surface area contributed by atoms with E-state index >= 15 is 0 Å². The predicted octanol–water partition coefficient (Wildman–Crippen LogP) is -1.27. The van der Waals surface area contributed by atoms with Gasteiger partial charge in [-0.3, -0.25) is 4.55 Å². The van der Waals surface area contributed by atoms with Gasteiger partial charge >= 0.3 is 29.6 Å². The van der Waals surface area contributed by atoms with Crippen LogP contribution in [0, 0.1) is 0 Å². The summed E-state index contributed by atoms with van der Waals surface area (Å²) in [6.45, 7) is 3.57. The van der Waals surface area contributed by atoms with Gasteiger partial charge < -0.3 is 11.3 Å². The SMILES string of the molecule is CCCCCCC(C)OC(CO)CS(=O)(=O)O.[H-].[Na+]. The summed E-state index contributed by atoms with van der Waals surface area (Å²) in [5.74, 6) is -0.553. The van der Waals surface area contributed by atoms with Crippen LogP contribution < -0.4 is 29.6 Å². The summed E-state index contributed by atoms with van der Waals surface area (Å²) >= 11 is 0. The van der Waals surface area contributed by atoms with E-state index in [-0.39, 0.29) is 37.1 Å². The van der Waals surface area contributed by atoms with Crippen LogP contribution in [0.15, 0.2) is 0 Å². The molecule has 0 aromatic heterocycles. The second-order valence-electron chi connectivity index (χ2n) is 4.35. The van der Waals surface area contributed by atoms with Crippen molar-refractivity contribution in [3.05, 3.63) is 0 Å². The van der Waals surface area contributed by atoms with Crippen molar-refractivity contribution in [3.8, 4) is 0 Å². The van der Waals surface area contributed by atoms with Crippen LogP contribution in [0.25, 0.3) is 0 Å². The second-order valence-corrected chi connectivity index (χ2v) is 5.85. The van der Waals surface area contributed by atoms with Crippen molar-refractivity contribution in [3.63, 3.8) is 0 Å². The van der Waals surface area contributed by atoms with Crippen LogP contribution in [0.2, 0.25) is 0 Å². The fourth-order valence-electron chi connectivity index (χ4n) is 1.63. The third-order valence-electron chi connectivity index (χ3n) is 2.49. The van der Waals surface area contributed by atoms with Gasteiger partial charge in [0, 0.05) is 0 Å². The summed E-state index contributed by atoms with van der Waals surface area (Å²) in [5.41, 5.74) is 0. The Morgan fingerprint density at radius 3 is 2.33 bits per heavy atom. The first kappa shape index (κ1) is 21.1. The number of hydrogen-bond acceptors (Lipinski definition) is 4. The molecule has 5 nitrogen and oxygen atoms in total. The minimum absolute atomic E-state index is 0. The first-order valence-corrected chi connectivity index (χ1v) is 7.71. The van der Waals surface area contributed by atoms with Gasteiger partial charge in [0.15, 0.2) is 0 Å². The molecule has 7 heteroatoms. The number of unbranched alkanes of at least 4 members (excludes halogenated alkanes) is 3. The number of aliphatic hydroxyl groups is 1. The number of hydrogen-bond donors (Lipinski definition) is 2. The van der Waals surface area contributed by atoms with Crippen molar-refractivity contribution in [1.82, 2.24) is 0 Å². The van der Waals surface area contributed by atoms with Gasteiger partial charge in [-0.25, -0.2) is 0 Å². The van der Waals surface area contributed by atoms with Crippen LogP contribution >= 0.6 is 0 Å². The molecule has 0 amide bonds.